The van der Waals surface area contributed by atoms with Crippen LogP contribution in [0.2, 0.25) is 5.02 Å². The van der Waals surface area contributed by atoms with E-state index < -0.39 is 0 Å². The first-order chi connectivity index (χ1) is 13.6. The number of hydrogen-bond donors (Lipinski definition) is 0. The van der Waals surface area contributed by atoms with Crippen molar-refractivity contribution in [3.05, 3.63) is 69.4 Å². The molecular formula is C22H23ClN2O2S. The Morgan fingerprint density at radius 1 is 1.25 bits per heavy atom. The number of carbonyl (C=O) groups excluding carboxylic acids is 2. The van der Waals surface area contributed by atoms with E-state index in [0.717, 1.165) is 24.8 Å². The highest BCUT2D eigenvalue weighted by Crippen LogP contribution is 2.38. The van der Waals surface area contributed by atoms with Crippen LogP contribution in [0.5, 0.6) is 0 Å². The third-order valence-electron chi connectivity index (χ3n) is 5.39. The van der Waals surface area contributed by atoms with E-state index in [1.165, 1.54) is 10.4 Å². The standard InChI is InChI=1S/C22H23ClN2O2S/c1-2-11-24(22(27)16-3-4-16)14-20(26)25-12-9-19-18(10-13-28-19)21(25)15-5-7-17(23)8-6-15/h2,5-8,10,13,16,21H,1,3-4,9,11-12,14H2. The number of rotatable bonds is 6. The third kappa shape index (κ3) is 3.87. The maximum Gasteiger partial charge on any atom is 0.243 e. The molecule has 1 saturated carbocycles. The van der Waals surface area contributed by atoms with Gasteiger partial charge in [-0.25, -0.2) is 0 Å². The van der Waals surface area contributed by atoms with Crippen molar-refractivity contribution in [2.75, 3.05) is 19.6 Å². The first-order valence-corrected chi connectivity index (χ1v) is 10.8. The fraction of sp³-hybridized carbons (Fsp3) is 0.364. The molecule has 1 aromatic carbocycles. The lowest BCUT2D eigenvalue weighted by molar-refractivity contribution is -0.142. The molecule has 1 atom stereocenters. The normalized spacial score (nSPS) is 18.5. The van der Waals surface area contributed by atoms with Gasteiger partial charge in [0.1, 0.15) is 6.54 Å². The molecule has 0 spiro atoms. The summed E-state index contributed by atoms with van der Waals surface area (Å²) in [5.41, 5.74) is 2.22. The molecule has 4 rings (SSSR count). The highest BCUT2D eigenvalue weighted by atomic mass is 35.5. The predicted molar refractivity (Wildman–Crippen MR) is 113 cm³/mol. The van der Waals surface area contributed by atoms with E-state index in [9.17, 15) is 9.59 Å². The fourth-order valence-electron chi connectivity index (χ4n) is 3.82. The van der Waals surface area contributed by atoms with Crippen LogP contribution in [-0.2, 0) is 16.0 Å². The van der Waals surface area contributed by atoms with E-state index in [4.69, 9.17) is 11.6 Å². The highest BCUT2D eigenvalue weighted by molar-refractivity contribution is 7.10. The molecule has 0 radical (unpaired) electrons. The van der Waals surface area contributed by atoms with Gasteiger partial charge in [-0.05, 0) is 54.0 Å². The number of carbonyl (C=O) groups is 2. The van der Waals surface area contributed by atoms with Gasteiger partial charge < -0.3 is 9.80 Å². The second-order valence-electron chi connectivity index (χ2n) is 7.37. The summed E-state index contributed by atoms with van der Waals surface area (Å²) in [6.07, 6.45) is 4.39. The van der Waals surface area contributed by atoms with Crippen LogP contribution in [0.15, 0.2) is 48.4 Å². The predicted octanol–water partition coefficient (Wildman–Crippen LogP) is 4.30. The molecular weight excluding hydrogens is 392 g/mol. The summed E-state index contributed by atoms with van der Waals surface area (Å²) in [7, 11) is 0. The van der Waals surface area contributed by atoms with Crippen molar-refractivity contribution in [1.82, 2.24) is 9.80 Å². The number of benzene rings is 1. The van der Waals surface area contributed by atoms with E-state index in [0.29, 0.717) is 18.1 Å². The van der Waals surface area contributed by atoms with Gasteiger partial charge in [0.15, 0.2) is 0 Å². The van der Waals surface area contributed by atoms with Gasteiger partial charge in [-0.3, -0.25) is 9.59 Å². The Balaban J connectivity index is 1.60. The molecule has 2 aromatic rings. The summed E-state index contributed by atoms with van der Waals surface area (Å²) < 4.78 is 0. The molecule has 0 N–H and O–H groups in total. The minimum Gasteiger partial charge on any atom is -0.330 e. The number of thiophene rings is 1. The molecule has 1 aromatic heterocycles. The average molecular weight is 415 g/mol. The molecule has 2 heterocycles. The molecule has 0 bridgehead atoms. The van der Waals surface area contributed by atoms with Crippen molar-refractivity contribution in [1.29, 1.82) is 0 Å². The molecule has 0 saturated heterocycles. The number of halogens is 1. The highest BCUT2D eigenvalue weighted by Gasteiger charge is 2.37. The molecule has 2 aliphatic rings. The van der Waals surface area contributed by atoms with Gasteiger partial charge >= 0.3 is 0 Å². The molecule has 146 valence electrons. The maximum atomic E-state index is 13.3. The fourth-order valence-corrected chi connectivity index (χ4v) is 4.85. The summed E-state index contributed by atoms with van der Waals surface area (Å²) in [5, 5.41) is 2.76. The van der Waals surface area contributed by atoms with Crippen LogP contribution in [0.3, 0.4) is 0 Å². The minimum absolute atomic E-state index is 0.0207. The number of amides is 2. The Labute approximate surface area is 174 Å². The van der Waals surface area contributed by atoms with Gasteiger partial charge in [0.05, 0.1) is 6.04 Å². The molecule has 4 nitrogen and oxygen atoms in total. The monoisotopic (exact) mass is 414 g/mol. The Bertz CT molecular complexity index is 888. The van der Waals surface area contributed by atoms with E-state index in [1.807, 2.05) is 29.2 Å². The largest absolute Gasteiger partial charge is 0.330 e. The minimum atomic E-state index is -0.138. The Morgan fingerprint density at radius 3 is 2.68 bits per heavy atom. The lowest BCUT2D eigenvalue weighted by atomic mass is 9.93. The van der Waals surface area contributed by atoms with Crippen LogP contribution >= 0.6 is 22.9 Å². The van der Waals surface area contributed by atoms with E-state index in [-0.39, 0.29) is 30.3 Å². The number of fused-ring (bicyclic) bond motifs is 1. The third-order valence-corrected chi connectivity index (χ3v) is 6.63. The molecule has 1 fully saturated rings. The van der Waals surface area contributed by atoms with E-state index in [2.05, 4.69) is 18.0 Å². The smallest absolute Gasteiger partial charge is 0.243 e. The van der Waals surface area contributed by atoms with Gasteiger partial charge in [0.25, 0.3) is 0 Å². The number of nitrogens with zero attached hydrogens (tertiary/aromatic N) is 2. The van der Waals surface area contributed by atoms with E-state index in [1.54, 1.807) is 22.3 Å². The lowest BCUT2D eigenvalue weighted by Crippen LogP contribution is -2.47. The average Bonchev–Trinajstić information content (AvgIpc) is 3.44. The lowest BCUT2D eigenvalue weighted by Gasteiger charge is -2.37. The second-order valence-corrected chi connectivity index (χ2v) is 8.81. The molecule has 2 amide bonds. The van der Waals surface area contributed by atoms with Crippen LogP contribution in [0.1, 0.15) is 34.9 Å². The summed E-state index contributed by atoms with van der Waals surface area (Å²) in [6, 6.07) is 9.66. The van der Waals surface area contributed by atoms with E-state index >= 15 is 0 Å². The summed E-state index contributed by atoms with van der Waals surface area (Å²) >= 11 is 7.81. The van der Waals surface area contributed by atoms with Crippen molar-refractivity contribution >= 4 is 34.8 Å². The SMILES string of the molecule is C=CCN(CC(=O)N1CCc2sccc2C1c1ccc(Cl)cc1)C(=O)C1CC1. The van der Waals surface area contributed by atoms with Crippen molar-refractivity contribution < 1.29 is 9.59 Å². The zero-order valence-corrected chi connectivity index (χ0v) is 17.2. The van der Waals surface area contributed by atoms with Crippen LogP contribution in [0, 0.1) is 5.92 Å². The zero-order chi connectivity index (χ0) is 19.7. The second kappa shape index (κ2) is 8.10. The molecule has 1 aliphatic heterocycles. The van der Waals surface area contributed by atoms with Crippen LogP contribution in [0.25, 0.3) is 0 Å². The maximum absolute atomic E-state index is 13.3. The molecule has 6 heteroatoms. The van der Waals surface area contributed by atoms with Gasteiger partial charge in [0, 0.05) is 28.9 Å². The topological polar surface area (TPSA) is 40.6 Å². The van der Waals surface area contributed by atoms with Gasteiger partial charge in [0.2, 0.25) is 11.8 Å². The molecule has 28 heavy (non-hydrogen) atoms. The first kappa shape index (κ1) is 19.2. The van der Waals surface area contributed by atoms with Crippen molar-refractivity contribution in [2.45, 2.75) is 25.3 Å². The summed E-state index contributed by atoms with van der Waals surface area (Å²) in [6.45, 7) is 4.91. The summed E-state index contributed by atoms with van der Waals surface area (Å²) in [5.74, 6) is 0.141. The van der Waals surface area contributed by atoms with Crippen molar-refractivity contribution in [2.24, 2.45) is 5.92 Å². The molecule has 1 aliphatic carbocycles. The van der Waals surface area contributed by atoms with Gasteiger partial charge in [-0.15, -0.1) is 17.9 Å². The van der Waals surface area contributed by atoms with Crippen LogP contribution < -0.4 is 0 Å². The Hall–Kier alpha value is -2.11. The zero-order valence-electron chi connectivity index (χ0n) is 15.6. The van der Waals surface area contributed by atoms with Gasteiger partial charge in [-0.1, -0.05) is 29.8 Å². The van der Waals surface area contributed by atoms with Crippen molar-refractivity contribution in [3.63, 3.8) is 0 Å². The van der Waals surface area contributed by atoms with Crippen LogP contribution in [0.4, 0.5) is 0 Å². The molecule has 1 unspecified atom stereocenters. The number of hydrogen-bond acceptors (Lipinski definition) is 3. The Morgan fingerprint density at radius 2 is 2.00 bits per heavy atom. The van der Waals surface area contributed by atoms with Crippen LogP contribution in [-0.4, -0.2) is 41.2 Å². The Kier molecular flexibility index (Phi) is 5.56. The first-order valence-electron chi connectivity index (χ1n) is 9.59. The quantitative estimate of drug-likeness (QED) is 0.661. The summed E-state index contributed by atoms with van der Waals surface area (Å²) in [4.78, 5) is 30.7. The van der Waals surface area contributed by atoms with Gasteiger partial charge in [-0.2, -0.15) is 0 Å². The van der Waals surface area contributed by atoms with Crippen molar-refractivity contribution in [3.8, 4) is 0 Å².